The summed E-state index contributed by atoms with van der Waals surface area (Å²) in [6.45, 7) is 0. The van der Waals surface area contributed by atoms with E-state index in [2.05, 4.69) is 0 Å². The van der Waals surface area contributed by atoms with Gasteiger partial charge in [-0.15, -0.1) is 0 Å². The van der Waals surface area contributed by atoms with Gasteiger partial charge in [-0.1, -0.05) is 41.4 Å². The summed E-state index contributed by atoms with van der Waals surface area (Å²) in [5.41, 5.74) is 2.61. The van der Waals surface area contributed by atoms with Crippen LogP contribution in [-0.4, -0.2) is 30.0 Å². The van der Waals surface area contributed by atoms with E-state index in [0.717, 1.165) is 22.1 Å². The van der Waals surface area contributed by atoms with Gasteiger partial charge in [-0.3, -0.25) is 0 Å². The Balaban J connectivity index is 1.59. The van der Waals surface area contributed by atoms with Gasteiger partial charge in [0.25, 0.3) is 0 Å². The van der Waals surface area contributed by atoms with E-state index in [1.54, 1.807) is 60.5 Å². The number of fused-ring (bicyclic) bond motifs is 1. The van der Waals surface area contributed by atoms with Gasteiger partial charge in [0.2, 0.25) is 0 Å². The summed E-state index contributed by atoms with van der Waals surface area (Å²) in [4.78, 5) is 11.8. The maximum Gasteiger partial charge on any atom is 0.337 e. The number of aromatic nitrogens is 2. The van der Waals surface area contributed by atoms with Gasteiger partial charge in [-0.2, -0.15) is 5.10 Å². The summed E-state index contributed by atoms with van der Waals surface area (Å²) in [7, 11) is 2.99. The predicted molar refractivity (Wildman–Crippen MR) is 141 cm³/mol. The summed E-state index contributed by atoms with van der Waals surface area (Å²) in [5.74, 6) is 1.43. The summed E-state index contributed by atoms with van der Waals surface area (Å²) in [6.07, 6.45) is 1.77. The topological polar surface area (TPSA) is 62.6 Å². The number of halogens is 2. The quantitative estimate of drug-likeness (QED) is 0.216. The van der Waals surface area contributed by atoms with E-state index in [9.17, 15) is 4.79 Å². The van der Waals surface area contributed by atoms with Gasteiger partial charge < -0.3 is 14.2 Å². The van der Waals surface area contributed by atoms with E-state index in [0.29, 0.717) is 38.5 Å². The molecule has 5 rings (SSSR count). The summed E-state index contributed by atoms with van der Waals surface area (Å²) >= 11 is 12.5. The zero-order valence-electron chi connectivity index (χ0n) is 19.4. The van der Waals surface area contributed by atoms with Crippen molar-refractivity contribution in [2.75, 3.05) is 14.2 Å². The van der Waals surface area contributed by atoms with Crippen LogP contribution in [0.1, 0.15) is 10.4 Å². The third-order valence-electron chi connectivity index (χ3n) is 5.62. The first-order valence-electron chi connectivity index (χ1n) is 10.9. The van der Waals surface area contributed by atoms with E-state index in [4.69, 9.17) is 42.5 Å². The van der Waals surface area contributed by atoms with Crippen LogP contribution in [0.5, 0.6) is 17.2 Å². The number of hydrogen-bond donors (Lipinski definition) is 0. The van der Waals surface area contributed by atoms with Crippen molar-refractivity contribution in [1.29, 1.82) is 0 Å². The Morgan fingerprint density at radius 1 is 0.806 bits per heavy atom. The summed E-state index contributed by atoms with van der Waals surface area (Å²) in [5, 5.41) is 7.87. The second-order valence-electron chi connectivity index (χ2n) is 7.96. The van der Waals surface area contributed by atoms with Gasteiger partial charge in [0.05, 0.1) is 31.7 Å². The Hall–Kier alpha value is -4.00. The maximum atomic E-state index is 11.8. The minimum absolute atomic E-state index is 0.416. The molecule has 0 bridgehead atoms. The van der Waals surface area contributed by atoms with Crippen molar-refractivity contribution in [2.24, 2.45) is 0 Å². The minimum Gasteiger partial charge on any atom is -0.497 e. The molecule has 6 nitrogen and oxygen atoms in total. The van der Waals surface area contributed by atoms with Crippen LogP contribution < -0.4 is 9.47 Å². The van der Waals surface area contributed by atoms with E-state index in [-0.39, 0.29) is 0 Å². The molecule has 0 aliphatic rings. The van der Waals surface area contributed by atoms with Crippen LogP contribution in [0.15, 0.2) is 85.1 Å². The molecule has 36 heavy (non-hydrogen) atoms. The van der Waals surface area contributed by atoms with Gasteiger partial charge in [0.1, 0.15) is 17.2 Å². The first-order chi connectivity index (χ1) is 17.4. The molecular weight excluding hydrogens is 499 g/mol. The van der Waals surface area contributed by atoms with Gasteiger partial charge >= 0.3 is 5.97 Å². The molecule has 0 saturated heterocycles. The first-order valence-corrected chi connectivity index (χ1v) is 11.7. The molecule has 4 aromatic carbocycles. The molecule has 0 amide bonds. The fourth-order valence-corrected chi connectivity index (χ4v) is 4.35. The largest absolute Gasteiger partial charge is 0.497 e. The third-order valence-corrected chi connectivity index (χ3v) is 6.05. The van der Waals surface area contributed by atoms with E-state index >= 15 is 0 Å². The molecule has 0 spiro atoms. The van der Waals surface area contributed by atoms with Gasteiger partial charge in [-0.25, -0.2) is 9.48 Å². The summed E-state index contributed by atoms with van der Waals surface area (Å²) in [6, 6.07) is 23.8. The van der Waals surface area contributed by atoms with Crippen molar-refractivity contribution in [2.45, 2.75) is 0 Å². The number of carbonyl (C=O) groups is 1. The van der Waals surface area contributed by atoms with Crippen LogP contribution in [0.3, 0.4) is 0 Å². The monoisotopic (exact) mass is 518 g/mol. The van der Waals surface area contributed by atoms with Crippen LogP contribution in [0, 0.1) is 0 Å². The molecule has 8 heteroatoms. The highest BCUT2D eigenvalue weighted by Crippen LogP contribution is 2.36. The molecule has 0 aliphatic carbocycles. The van der Waals surface area contributed by atoms with Crippen molar-refractivity contribution in [1.82, 2.24) is 9.78 Å². The second kappa shape index (κ2) is 9.93. The summed E-state index contributed by atoms with van der Waals surface area (Å²) < 4.78 is 18.0. The third kappa shape index (κ3) is 4.87. The van der Waals surface area contributed by atoms with Gasteiger partial charge in [-0.05, 0) is 71.4 Å². The van der Waals surface area contributed by atoms with E-state index < -0.39 is 5.97 Å². The average Bonchev–Trinajstić information content (AvgIpc) is 3.31. The predicted octanol–water partition coefficient (Wildman–Crippen LogP) is 7.59. The van der Waals surface area contributed by atoms with Crippen LogP contribution >= 0.6 is 23.2 Å². The number of hydrogen-bond acceptors (Lipinski definition) is 5. The lowest BCUT2D eigenvalue weighted by Crippen LogP contribution is -2.00. The molecule has 1 heterocycles. The fraction of sp³-hybridized carbons (Fsp3) is 0.0714. The molecule has 0 saturated carbocycles. The van der Waals surface area contributed by atoms with Crippen LogP contribution in [0.25, 0.3) is 27.7 Å². The fourth-order valence-electron chi connectivity index (χ4n) is 3.84. The Morgan fingerprint density at radius 3 is 2.17 bits per heavy atom. The number of benzene rings is 4. The Morgan fingerprint density at radius 2 is 1.47 bits per heavy atom. The van der Waals surface area contributed by atoms with Crippen LogP contribution in [0.2, 0.25) is 10.0 Å². The average molecular weight is 519 g/mol. The van der Waals surface area contributed by atoms with Gasteiger partial charge in [0, 0.05) is 15.6 Å². The lowest BCUT2D eigenvalue weighted by atomic mass is 10.0. The molecule has 180 valence electrons. The molecular formula is C28H20Cl2N2O4. The maximum absolute atomic E-state index is 11.8. The van der Waals surface area contributed by atoms with Crippen LogP contribution in [-0.2, 0) is 4.74 Å². The van der Waals surface area contributed by atoms with Crippen molar-refractivity contribution < 1.29 is 19.0 Å². The minimum atomic E-state index is -0.416. The van der Waals surface area contributed by atoms with Crippen LogP contribution in [0.4, 0.5) is 0 Å². The number of nitrogens with zero attached hydrogens (tertiary/aromatic N) is 2. The smallest absolute Gasteiger partial charge is 0.337 e. The highest BCUT2D eigenvalue weighted by atomic mass is 35.5. The number of esters is 1. The van der Waals surface area contributed by atoms with Crippen molar-refractivity contribution in [3.05, 3.63) is 101 Å². The molecule has 1 aromatic heterocycles. The standard InChI is InChI=1S/C28H20Cl2N2O4/c1-34-25-10-7-18-11-20(4-3-19(18)12-25)27-26(36-24-8-5-17(6-9-24)28(33)35-2)16-32(31-27)23-14-21(29)13-22(30)15-23/h3-16H,1-2H3. The Bertz CT molecular complexity index is 1560. The molecule has 0 unspecified atom stereocenters. The number of carbonyl (C=O) groups excluding carboxylic acids is 1. The molecule has 0 aliphatic heterocycles. The van der Waals surface area contributed by atoms with Gasteiger partial charge in [0.15, 0.2) is 5.75 Å². The highest BCUT2D eigenvalue weighted by molar-refractivity contribution is 6.34. The SMILES string of the molecule is COC(=O)c1ccc(Oc2cn(-c3cc(Cl)cc(Cl)c3)nc2-c2ccc3cc(OC)ccc3c2)cc1. The Kier molecular flexibility index (Phi) is 6.55. The highest BCUT2D eigenvalue weighted by Gasteiger charge is 2.17. The second-order valence-corrected chi connectivity index (χ2v) is 8.83. The van der Waals surface area contributed by atoms with Crippen molar-refractivity contribution in [3.63, 3.8) is 0 Å². The Labute approximate surface area is 217 Å². The number of ether oxygens (including phenoxy) is 3. The van der Waals surface area contributed by atoms with E-state index in [1.807, 2.05) is 36.4 Å². The first kappa shape index (κ1) is 23.7. The lowest BCUT2D eigenvalue weighted by Gasteiger charge is -2.08. The molecule has 0 radical (unpaired) electrons. The molecule has 0 N–H and O–H groups in total. The molecule has 0 fully saturated rings. The van der Waals surface area contributed by atoms with E-state index in [1.165, 1.54) is 7.11 Å². The lowest BCUT2D eigenvalue weighted by molar-refractivity contribution is 0.0600. The van der Waals surface area contributed by atoms with Crippen molar-refractivity contribution in [3.8, 4) is 34.2 Å². The molecule has 0 atom stereocenters. The zero-order valence-corrected chi connectivity index (χ0v) is 20.9. The zero-order chi connectivity index (χ0) is 25.2. The normalized spacial score (nSPS) is 10.9. The number of methoxy groups -OCH3 is 2. The number of rotatable bonds is 6. The molecule has 5 aromatic rings. The van der Waals surface area contributed by atoms with Crippen molar-refractivity contribution >= 4 is 39.9 Å².